The Bertz CT molecular complexity index is 729. The first kappa shape index (κ1) is 19.3. The Balaban J connectivity index is 3.47. The maximum atomic E-state index is 12.1. The van der Waals surface area contributed by atoms with Gasteiger partial charge in [0, 0.05) is 10.6 Å². The molecule has 0 aliphatic heterocycles. The van der Waals surface area contributed by atoms with Crippen LogP contribution in [0.4, 0.5) is 16.2 Å². The molecule has 0 unspecified atom stereocenters. The van der Waals surface area contributed by atoms with Crippen LogP contribution in [0.5, 0.6) is 0 Å². The van der Waals surface area contributed by atoms with Gasteiger partial charge >= 0.3 is 12.1 Å². The number of anilines is 1. The van der Waals surface area contributed by atoms with Crippen LogP contribution < -0.4 is 5.32 Å². The van der Waals surface area contributed by atoms with E-state index >= 15 is 0 Å². The van der Waals surface area contributed by atoms with Crippen LogP contribution in [0.1, 0.15) is 43.0 Å². The number of benzene rings is 1. The Hall–Kier alpha value is -2.73. The van der Waals surface area contributed by atoms with Crippen LogP contribution >= 0.6 is 0 Å². The van der Waals surface area contributed by atoms with Crippen LogP contribution in [0.2, 0.25) is 0 Å². The molecule has 1 aromatic rings. The standard InChI is InChI=1S/C16H22N4O4/c1-8-11(7-12(21)22)9(2)14(19-20-17)10(3)13(8)18-15(23)24-16(4,5)6/h7H2,1-6H3,(H,18,23)(H,21,22). The quantitative estimate of drug-likeness (QED) is 0.476. The minimum atomic E-state index is -1.01. The summed E-state index contributed by atoms with van der Waals surface area (Å²) in [6.07, 6.45) is -0.903. The van der Waals surface area contributed by atoms with Crippen LogP contribution in [0.3, 0.4) is 0 Å². The average molecular weight is 334 g/mol. The Morgan fingerprint density at radius 2 is 1.79 bits per heavy atom. The number of nitrogens with one attached hydrogen (secondary N) is 1. The highest BCUT2D eigenvalue weighted by Gasteiger charge is 2.22. The molecule has 0 heterocycles. The fourth-order valence-corrected chi connectivity index (χ4v) is 2.46. The summed E-state index contributed by atoms with van der Waals surface area (Å²) in [7, 11) is 0. The van der Waals surface area contributed by atoms with E-state index < -0.39 is 17.7 Å². The summed E-state index contributed by atoms with van der Waals surface area (Å²) in [6.45, 7) is 10.3. The molecule has 1 amide bonds. The van der Waals surface area contributed by atoms with Crippen molar-refractivity contribution in [3.05, 3.63) is 32.7 Å². The average Bonchev–Trinajstić information content (AvgIpc) is 2.42. The zero-order chi connectivity index (χ0) is 18.7. The van der Waals surface area contributed by atoms with Crippen molar-refractivity contribution in [1.29, 1.82) is 0 Å². The van der Waals surface area contributed by atoms with Gasteiger partial charge in [-0.25, -0.2) is 4.79 Å². The maximum absolute atomic E-state index is 12.1. The number of ether oxygens (including phenoxy) is 1. The smallest absolute Gasteiger partial charge is 0.412 e. The van der Waals surface area contributed by atoms with Gasteiger partial charge in [0.05, 0.1) is 12.1 Å². The van der Waals surface area contributed by atoms with E-state index in [0.29, 0.717) is 33.6 Å². The molecule has 0 aliphatic rings. The third kappa shape index (κ3) is 4.63. The zero-order valence-electron chi connectivity index (χ0n) is 14.7. The number of carboxylic acids is 1. The number of azide groups is 1. The van der Waals surface area contributed by atoms with Gasteiger partial charge in [0.1, 0.15) is 5.60 Å². The molecule has 130 valence electrons. The third-order valence-electron chi connectivity index (χ3n) is 3.46. The number of amides is 1. The van der Waals surface area contributed by atoms with E-state index in [4.69, 9.17) is 15.4 Å². The van der Waals surface area contributed by atoms with E-state index in [1.807, 2.05) is 0 Å². The van der Waals surface area contributed by atoms with Crippen LogP contribution in [0.25, 0.3) is 10.4 Å². The topological polar surface area (TPSA) is 124 Å². The molecule has 1 rings (SSSR count). The van der Waals surface area contributed by atoms with E-state index in [-0.39, 0.29) is 6.42 Å². The van der Waals surface area contributed by atoms with Gasteiger partial charge in [-0.2, -0.15) is 0 Å². The number of carboxylic acid groups (broad SMARTS) is 1. The summed E-state index contributed by atoms with van der Waals surface area (Å²) in [5, 5.41) is 15.4. The Labute approximate surface area is 140 Å². The Morgan fingerprint density at radius 3 is 2.25 bits per heavy atom. The van der Waals surface area contributed by atoms with Crippen molar-refractivity contribution in [2.45, 2.75) is 53.6 Å². The number of nitrogens with zero attached hydrogens (tertiary/aromatic N) is 3. The van der Waals surface area contributed by atoms with Gasteiger partial charge in [-0.1, -0.05) is 5.11 Å². The van der Waals surface area contributed by atoms with E-state index in [1.165, 1.54) is 0 Å². The molecule has 0 spiro atoms. The summed E-state index contributed by atoms with van der Waals surface area (Å²) in [5.41, 5.74) is 11.1. The van der Waals surface area contributed by atoms with Crippen molar-refractivity contribution in [2.75, 3.05) is 5.32 Å². The summed E-state index contributed by atoms with van der Waals surface area (Å²) >= 11 is 0. The molecule has 2 N–H and O–H groups in total. The molecule has 0 fully saturated rings. The van der Waals surface area contributed by atoms with Crippen LogP contribution in [-0.2, 0) is 16.0 Å². The lowest BCUT2D eigenvalue weighted by molar-refractivity contribution is -0.136. The number of carbonyl (C=O) groups is 2. The molecular formula is C16H22N4O4. The lowest BCUT2D eigenvalue weighted by atomic mass is 9.93. The zero-order valence-corrected chi connectivity index (χ0v) is 14.7. The first-order valence-electron chi connectivity index (χ1n) is 7.37. The van der Waals surface area contributed by atoms with Gasteiger partial charge in [0.25, 0.3) is 0 Å². The lowest BCUT2D eigenvalue weighted by Crippen LogP contribution is -2.28. The number of rotatable bonds is 4. The Morgan fingerprint density at radius 1 is 1.21 bits per heavy atom. The van der Waals surface area contributed by atoms with Gasteiger partial charge in [0.2, 0.25) is 0 Å². The molecule has 0 saturated carbocycles. The molecule has 0 bridgehead atoms. The predicted octanol–water partition coefficient (Wildman–Crippen LogP) is 4.53. The fourth-order valence-electron chi connectivity index (χ4n) is 2.46. The number of carbonyl (C=O) groups excluding carboxylic acids is 1. The minimum absolute atomic E-state index is 0.241. The van der Waals surface area contributed by atoms with E-state index in [0.717, 1.165) is 0 Å². The second kappa shape index (κ2) is 7.23. The van der Waals surface area contributed by atoms with Crippen LogP contribution in [-0.4, -0.2) is 22.8 Å². The summed E-state index contributed by atoms with van der Waals surface area (Å²) < 4.78 is 5.23. The molecule has 8 nitrogen and oxygen atoms in total. The molecule has 0 aromatic heterocycles. The normalized spacial score (nSPS) is 10.8. The van der Waals surface area contributed by atoms with Crippen molar-refractivity contribution in [2.24, 2.45) is 5.11 Å². The van der Waals surface area contributed by atoms with Crippen molar-refractivity contribution < 1.29 is 19.4 Å². The molecule has 24 heavy (non-hydrogen) atoms. The molecule has 0 radical (unpaired) electrons. The number of aliphatic carboxylic acids is 1. The summed E-state index contributed by atoms with van der Waals surface area (Å²) in [4.78, 5) is 26.0. The molecule has 0 saturated heterocycles. The molecule has 0 aliphatic carbocycles. The van der Waals surface area contributed by atoms with Gasteiger partial charge in [0.15, 0.2) is 0 Å². The maximum Gasteiger partial charge on any atom is 0.412 e. The van der Waals surface area contributed by atoms with Crippen LogP contribution in [0, 0.1) is 20.8 Å². The first-order chi connectivity index (χ1) is 11.0. The second-order valence-corrected chi connectivity index (χ2v) is 6.46. The van der Waals surface area contributed by atoms with Gasteiger partial charge < -0.3 is 9.84 Å². The monoisotopic (exact) mass is 334 g/mol. The number of hydrogen-bond acceptors (Lipinski definition) is 4. The molecule has 8 heteroatoms. The molecule has 1 aromatic carbocycles. The highest BCUT2D eigenvalue weighted by Crippen LogP contribution is 2.37. The second-order valence-electron chi connectivity index (χ2n) is 6.46. The fraction of sp³-hybridized carbons (Fsp3) is 0.500. The van der Waals surface area contributed by atoms with Gasteiger partial charge in [-0.15, -0.1) is 0 Å². The van der Waals surface area contributed by atoms with E-state index in [2.05, 4.69) is 15.3 Å². The van der Waals surface area contributed by atoms with Gasteiger partial charge in [-0.05, 0) is 69.3 Å². The van der Waals surface area contributed by atoms with Crippen molar-refractivity contribution in [1.82, 2.24) is 0 Å². The molecule has 0 atom stereocenters. The number of hydrogen-bond donors (Lipinski definition) is 2. The third-order valence-corrected chi connectivity index (χ3v) is 3.46. The van der Waals surface area contributed by atoms with E-state index in [1.54, 1.807) is 41.5 Å². The van der Waals surface area contributed by atoms with Gasteiger partial charge in [-0.3, -0.25) is 10.1 Å². The molecular weight excluding hydrogens is 312 g/mol. The van der Waals surface area contributed by atoms with Crippen molar-refractivity contribution in [3.8, 4) is 0 Å². The largest absolute Gasteiger partial charge is 0.481 e. The predicted molar refractivity (Wildman–Crippen MR) is 90.7 cm³/mol. The minimum Gasteiger partial charge on any atom is -0.481 e. The van der Waals surface area contributed by atoms with E-state index in [9.17, 15) is 9.59 Å². The van der Waals surface area contributed by atoms with Crippen molar-refractivity contribution in [3.63, 3.8) is 0 Å². The highest BCUT2D eigenvalue weighted by molar-refractivity contribution is 5.90. The SMILES string of the molecule is Cc1c(CC(=O)O)c(C)c(NC(=O)OC(C)(C)C)c(C)c1N=[N+]=[N-]. The summed E-state index contributed by atoms with van der Waals surface area (Å²) in [6, 6.07) is 0. The van der Waals surface area contributed by atoms with Crippen molar-refractivity contribution >= 4 is 23.4 Å². The Kier molecular flexibility index (Phi) is 5.82. The first-order valence-corrected chi connectivity index (χ1v) is 7.37. The van der Waals surface area contributed by atoms with Crippen LogP contribution in [0.15, 0.2) is 5.11 Å². The summed E-state index contributed by atoms with van der Waals surface area (Å²) in [5.74, 6) is -1.01. The highest BCUT2D eigenvalue weighted by atomic mass is 16.6. The lowest BCUT2D eigenvalue weighted by Gasteiger charge is -2.23.